The predicted molar refractivity (Wildman–Crippen MR) is 65.2 cm³/mol. The number of methoxy groups -OCH3 is 1. The number of carbonyl (C=O) groups excluding carboxylic acids is 1. The SMILES string of the molecule is C=CCNC1(C(=O)OC)CCCCC1CC. The Bertz CT molecular complexity index is 252. The first kappa shape index (κ1) is 13.2. The molecular weight excluding hydrogens is 202 g/mol. The average molecular weight is 225 g/mol. The Hall–Kier alpha value is -0.830. The van der Waals surface area contributed by atoms with Crippen LogP contribution in [0, 0.1) is 5.92 Å². The van der Waals surface area contributed by atoms with E-state index in [1.165, 1.54) is 13.5 Å². The first-order valence-corrected chi connectivity index (χ1v) is 6.15. The van der Waals surface area contributed by atoms with Gasteiger partial charge >= 0.3 is 5.97 Å². The maximum Gasteiger partial charge on any atom is 0.326 e. The molecule has 3 nitrogen and oxygen atoms in total. The molecule has 0 aromatic rings. The molecule has 1 fully saturated rings. The second-order valence-electron chi connectivity index (χ2n) is 4.48. The Morgan fingerprint density at radius 1 is 1.62 bits per heavy atom. The molecule has 2 unspecified atom stereocenters. The van der Waals surface area contributed by atoms with Gasteiger partial charge in [-0.1, -0.05) is 32.3 Å². The van der Waals surface area contributed by atoms with Crippen LogP contribution >= 0.6 is 0 Å². The van der Waals surface area contributed by atoms with Crippen molar-refractivity contribution >= 4 is 5.97 Å². The van der Waals surface area contributed by atoms with Gasteiger partial charge in [-0.2, -0.15) is 0 Å². The second-order valence-corrected chi connectivity index (χ2v) is 4.48. The van der Waals surface area contributed by atoms with E-state index in [4.69, 9.17) is 4.74 Å². The zero-order chi connectivity index (χ0) is 12.0. The minimum absolute atomic E-state index is 0.110. The van der Waals surface area contributed by atoms with Crippen LogP contribution in [0.25, 0.3) is 0 Å². The maximum atomic E-state index is 12.0. The fourth-order valence-electron chi connectivity index (χ4n) is 2.81. The molecule has 0 saturated heterocycles. The van der Waals surface area contributed by atoms with Crippen molar-refractivity contribution in [3.63, 3.8) is 0 Å². The van der Waals surface area contributed by atoms with Crippen molar-refractivity contribution in [2.45, 2.75) is 44.6 Å². The van der Waals surface area contributed by atoms with Gasteiger partial charge in [0.1, 0.15) is 5.54 Å². The average Bonchev–Trinajstić information content (AvgIpc) is 2.35. The lowest BCUT2D eigenvalue weighted by molar-refractivity contribution is -0.153. The highest BCUT2D eigenvalue weighted by Gasteiger charge is 2.46. The van der Waals surface area contributed by atoms with E-state index in [-0.39, 0.29) is 5.97 Å². The van der Waals surface area contributed by atoms with Gasteiger partial charge in [0.15, 0.2) is 0 Å². The Kier molecular flexibility index (Phi) is 5.00. The third kappa shape index (κ3) is 2.46. The monoisotopic (exact) mass is 225 g/mol. The first-order valence-electron chi connectivity index (χ1n) is 6.15. The summed E-state index contributed by atoms with van der Waals surface area (Å²) in [6, 6.07) is 0. The van der Waals surface area contributed by atoms with Crippen molar-refractivity contribution in [2.75, 3.05) is 13.7 Å². The molecule has 3 heteroatoms. The molecule has 2 atom stereocenters. The molecule has 0 heterocycles. The maximum absolute atomic E-state index is 12.0. The lowest BCUT2D eigenvalue weighted by Crippen LogP contribution is -2.59. The molecule has 1 saturated carbocycles. The first-order chi connectivity index (χ1) is 7.71. The summed E-state index contributed by atoms with van der Waals surface area (Å²) in [6.45, 7) is 6.50. The van der Waals surface area contributed by atoms with E-state index in [0.29, 0.717) is 12.5 Å². The standard InChI is InChI=1S/C13H23NO2/c1-4-10-14-13(12(15)16-3)9-7-6-8-11(13)5-2/h4,11,14H,1,5-10H2,2-3H3. The van der Waals surface area contributed by atoms with Crippen LogP contribution in [-0.2, 0) is 9.53 Å². The van der Waals surface area contributed by atoms with Crippen molar-refractivity contribution < 1.29 is 9.53 Å². The summed E-state index contributed by atoms with van der Waals surface area (Å²) in [6.07, 6.45) is 7.11. The van der Waals surface area contributed by atoms with Gasteiger partial charge in [-0.25, -0.2) is 0 Å². The number of esters is 1. The van der Waals surface area contributed by atoms with Gasteiger partial charge in [-0.05, 0) is 18.8 Å². The van der Waals surface area contributed by atoms with E-state index < -0.39 is 5.54 Å². The molecule has 0 spiro atoms. The molecule has 92 valence electrons. The number of hydrogen-bond donors (Lipinski definition) is 1. The highest BCUT2D eigenvalue weighted by atomic mass is 16.5. The van der Waals surface area contributed by atoms with Crippen LogP contribution in [0.2, 0.25) is 0 Å². The molecule has 0 aromatic carbocycles. The third-order valence-corrected chi connectivity index (χ3v) is 3.67. The van der Waals surface area contributed by atoms with Crippen molar-refractivity contribution in [1.82, 2.24) is 5.32 Å². The highest BCUT2D eigenvalue weighted by molar-refractivity contribution is 5.81. The quantitative estimate of drug-likeness (QED) is 0.576. The molecule has 1 N–H and O–H groups in total. The van der Waals surface area contributed by atoms with Crippen LogP contribution in [-0.4, -0.2) is 25.2 Å². The van der Waals surface area contributed by atoms with Gasteiger partial charge in [0.25, 0.3) is 0 Å². The number of hydrogen-bond acceptors (Lipinski definition) is 3. The van der Waals surface area contributed by atoms with Crippen LogP contribution in [0.3, 0.4) is 0 Å². The molecule has 1 rings (SSSR count). The minimum Gasteiger partial charge on any atom is -0.468 e. The van der Waals surface area contributed by atoms with Gasteiger partial charge in [-0.3, -0.25) is 10.1 Å². The number of carbonyl (C=O) groups is 1. The van der Waals surface area contributed by atoms with Crippen molar-refractivity contribution in [2.24, 2.45) is 5.92 Å². The Labute approximate surface area is 98.2 Å². The molecule has 1 aliphatic carbocycles. The van der Waals surface area contributed by atoms with Crippen LogP contribution < -0.4 is 5.32 Å². The molecule has 0 aromatic heterocycles. The van der Waals surface area contributed by atoms with E-state index in [1.807, 2.05) is 0 Å². The van der Waals surface area contributed by atoms with Gasteiger partial charge in [0, 0.05) is 6.54 Å². The molecule has 0 radical (unpaired) electrons. The summed E-state index contributed by atoms with van der Waals surface area (Å²) in [5, 5.41) is 3.34. The number of ether oxygens (including phenoxy) is 1. The van der Waals surface area contributed by atoms with Crippen molar-refractivity contribution in [3.05, 3.63) is 12.7 Å². The van der Waals surface area contributed by atoms with Gasteiger partial charge < -0.3 is 4.74 Å². The summed E-state index contributed by atoms with van der Waals surface area (Å²) in [7, 11) is 1.47. The van der Waals surface area contributed by atoms with E-state index in [2.05, 4.69) is 18.8 Å². The molecule has 1 aliphatic rings. The normalized spacial score (nSPS) is 29.8. The Morgan fingerprint density at radius 3 is 2.94 bits per heavy atom. The van der Waals surface area contributed by atoms with Gasteiger partial charge in [-0.15, -0.1) is 6.58 Å². The van der Waals surface area contributed by atoms with Crippen molar-refractivity contribution in [3.8, 4) is 0 Å². The molecule has 0 bridgehead atoms. The van der Waals surface area contributed by atoms with E-state index in [1.54, 1.807) is 6.08 Å². The lowest BCUT2D eigenvalue weighted by Gasteiger charge is -2.42. The van der Waals surface area contributed by atoms with Crippen molar-refractivity contribution in [1.29, 1.82) is 0 Å². The zero-order valence-corrected chi connectivity index (χ0v) is 10.4. The summed E-state index contributed by atoms with van der Waals surface area (Å²) < 4.78 is 4.99. The third-order valence-electron chi connectivity index (χ3n) is 3.67. The van der Waals surface area contributed by atoms with Gasteiger partial charge in [0.2, 0.25) is 0 Å². The van der Waals surface area contributed by atoms with Gasteiger partial charge in [0.05, 0.1) is 7.11 Å². The molecule has 16 heavy (non-hydrogen) atoms. The fraction of sp³-hybridized carbons (Fsp3) is 0.769. The van der Waals surface area contributed by atoms with Crippen LogP contribution in [0.1, 0.15) is 39.0 Å². The van der Waals surface area contributed by atoms with Crippen LogP contribution in [0.4, 0.5) is 0 Å². The summed E-state index contributed by atoms with van der Waals surface area (Å²) >= 11 is 0. The Morgan fingerprint density at radius 2 is 2.38 bits per heavy atom. The highest BCUT2D eigenvalue weighted by Crippen LogP contribution is 2.36. The van der Waals surface area contributed by atoms with E-state index in [0.717, 1.165) is 25.7 Å². The van der Waals surface area contributed by atoms with E-state index >= 15 is 0 Å². The topological polar surface area (TPSA) is 38.3 Å². The fourth-order valence-corrected chi connectivity index (χ4v) is 2.81. The van der Waals surface area contributed by atoms with E-state index in [9.17, 15) is 4.79 Å². The summed E-state index contributed by atoms with van der Waals surface area (Å²) in [4.78, 5) is 12.0. The van der Waals surface area contributed by atoms with Crippen LogP contribution in [0.15, 0.2) is 12.7 Å². The minimum atomic E-state index is -0.476. The molecular formula is C13H23NO2. The second kappa shape index (κ2) is 6.04. The largest absolute Gasteiger partial charge is 0.468 e. The smallest absolute Gasteiger partial charge is 0.326 e. The van der Waals surface area contributed by atoms with Crippen LogP contribution in [0.5, 0.6) is 0 Å². The molecule has 0 amide bonds. The molecule has 0 aliphatic heterocycles. The lowest BCUT2D eigenvalue weighted by atomic mass is 9.71. The predicted octanol–water partition coefficient (Wildman–Crippen LogP) is 2.27. The summed E-state index contributed by atoms with van der Waals surface area (Å²) in [5.41, 5.74) is -0.476. The Balaban J connectivity index is 2.88. The number of nitrogens with one attached hydrogen (secondary N) is 1. The number of rotatable bonds is 5. The summed E-state index contributed by atoms with van der Waals surface area (Å²) in [5.74, 6) is 0.273. The zero-order valence-electron chi connectivity index (χ0n) is 10.4.